The highest BCUT2D eigenvalue weighted by molar-refractivity contribution is 7.89. The van der Waals surface area contributed by atoms with E-state index in [4.69, 9.17) is 10.5 Å². The second-order valence-corrected chi connectivity index (χ2v) is 11.0. The van der Waals surface area contributed by atoms with Crippen LogP contribution >= 0.6 is 0 Å². The maximum Gasteiger partial charge on any atom is 0.243 e. The first-order chi connectivity index (χ1) is 16.2. The van der Waals surface area contributed by atoms with Gasteiger partial charge in [-0.3, -0.25) is 4.79 Å². The number of carbonyl (C=O) groups excluding carboxylic acids is 1. The standard InChI is InChI=1S/C27H40N2O4S/c1-4-23(3)27(28)19-29(34(31,32)26-16-14-22(2)15-17-26)18-10-6-9-13-25(30)21-33-20-24-11-7-5-8-12-24/h5,7-8,11-12,14-17,23,27H,4,6,9-10,13,18-21,28H2,1-3H3. The van der Waals surface area contributed by atoms with E-state index in [2.05, 4.69) is 6.92 Å². The summed E-state index contributed by atoms with van der Waals surface area (Å²) in [5.74, 6) is 0.295. The van der Waals surface area contributed by atoms with Crippen LogP contribution in [0, 0.1) is 12.8 Å². The van der Waals surface area contributed by atoms with Gasteiger partial charge in [0.15, 0.2) is 5.78 Å². The number of hydrogen-bond donors (Lipinski definition) is 1. The van der Waals surface area contributed by atoms with Gasteiger partial charge in [0, 0.05) is 25.6 Å². The van der Waals surface area contributed by atoms with Crippen molar-refractivity contribution in [3.05, 3.63) is 65.7 Å². The third-order valence-electron chi connectivity index (χ3n) is 6.19. The lowest BCUT2D eigenvalue weighted by Crippen LogP contribution is -2.44. The van der Waals surface area contributed by atoms with Gasteiger partial charge in [-0.25, -0.2) is 8.42 Å². The number of sulfonamides is 1. The van der Waals surface area contributed by atoms with Crippen LogP contribution in [-0.2, 0) is 26.2 Å². The first-order valence-corrected chi connectivity index (χ1v) is 13.6. The number of unbranched alkanes of at least 4 members (excludes halogenated alkanes) is 2. The fourth-order valence-corrected chi connectivity index (χ4v) is 5.12. The van der Waals surface area contributed by atoms with Crippen molar-refractivity contribution in [1.29, 1.82) is 0 Å². The number of ether oxygens (including phenoxy) is 1. The largest absolute Gasteiger partial charge is 0.369 e. The van der Waals surface area contributed by atoms with Crippen LogP contribution in [0.25, 0.3) is 0 Å². The van der Waals surface area contributed by atoms with E-state index < -0.39 is 10.0 Å². The molecular weight excluding hydrogens is 448 g/mol. The molecule has 2 N–H and O–H groups in total. The van der Waals surface area contributed by atoms with Crippen molar-refractivity contribution >= 4 is 15.8 Å². The van der Waals surface area contributed by atoms with Crippen molar-refractivity contribution in [2.45, 2.75) is 70.4 Å². The molecule has 6 nitrogen and oxygen atoms in total. The second kappa shape index (κ2) is 14.4. The summed E-state index contributed by atoms with van der Waals surface area (Å²) in [6, 6.07) is 16.5. The Morgan fingerprint density at radius 1 is 1.03 bits per heavy atom. The molecule has 2 unspecified atom stereocenters. The molecule has 2 aromatic carbocycles. The summed E-state index contributed by atoms with van der Waals surface area (Å²) in [6.45, 7) is 7.25. The van der Waals surface area contributed by atoms with Crippen molar-refractivity contribution in [3.8, 4) is 0 Å². The molecule has 0 bridgehead atoms. The molecular formula is C27H40N2O4S. The summed E-state index contributed by atoms with van der Waals surface area (Å²) in [7, 11) is -3.63. The monoisotopic (exact) mass is 488 g/mol. The minimum atomic E-state index is -3.63. The molecule has 2 rings (SSSR count). The number of nitrogens with zero attached hydrogens (tertiary/aromatic N) is 1. The zero-order valence-corrected chi connectivity index (χ0v) is 21.6. The number of aryl methyl sites for hydroxylation is 1. The highest BCUT2D eigenvalue weighted by Crippen LogP contribution is 2.19. The Hall–Kier alpha value is -2.06. The van der Waals surface area contributed by atoms with Crippen molar-refractivity contribution in [1.82, 2.24) is 4.31 Å². The molecule has 0 aliphatic carbocycles. The first-order valence-electron chi connectivity index (χ1n) is 12.2. The Morgan fingerprint density at radius 2 is 1.71 bits per heavy atom. The predicted octanol–water partition coefficient (Wildman–Crippen LogP) is 4.71. The van der Waals surface area contributed by atoms with E-state index in [1.807, 2.05) is 56.3 Å². The molecule has 0 aliphatic rings. The Kier molecular flexibility index (Phi) is 11.9. The molecule has 0 saturated heterocycles. The second-order valence-electron chi connectivity index (χ2n) is 9.05. The molecule has 0 amide bonds. The molecule has 0 spiro atoms. The fourth-order valence-electron chi connectivity index (χ4n) is 3.60. The molecule has 0 radical (unpaired) electrons. The van der Waals surface area contributed by atoms with Gasteiger partial charge in [-0.15, -0.1) is 0 Å². The number of Topliss-reactive ketones (excluding diaryl/α,β-unsaturated/α-hetero) is 1. The smallest absolute Gasteiger partial charge is 0.243 e. The number of ketones is 1. The van der Waals surface area contributed by atoms with Crippen molar-refractivity contribution in [2.24, 2.45) is 11.7 Å². The van der Waals surface area contributed by atoms with Gasteiger partial charge < -0.3 is 10.5 Å². The number of benzene rings is 2. The van der Waals surface area contributed by atoms with Gasteiger partial charge in [0.25, 0.3) is 0 Å². The van der Waals surface area contributed by atoms with Gasteiger partial charge in [-0.2, -0.15) is 4.31 Å². The van der Waals surface area contributed by atoms with Gasteiger partial charge >= 0.3 is 0 Å². The van der Waals surface area contributed by atoms with E-state index in [0.717, 1.165) is 24.0 Å². The summed E-state index contributed by atoms with van der Waals surface area (Å²) in [4.78, 5) is 12.4. The average Bonchev–Trinajstić information content (AvgIpc) is 2.83. The molecule has 34 heavy (non-hydrogen) atoms. The van der Waals surface area contributed by atoms with Crippen LogP contribution in [0.4, 0.5) is 0 Å². The topological polar surface area (TPSA) is 89.7 Å². The summed E-state index contributed by atoms with van der Waals surface area (Å²) >= 11 is 0. The quantitative estimate of drug-likeness (QED) is 0.346. The maximum atomic E-state index is 13.3. The highest BCUT2D eigenvalue weighted by Gasteiger charge is 2.27. The number of carbonyl (C=O) groups is 1. The van der Waals surface area contributed by atoms with Crippen molar-refractivity contribution in [3.63, 3.8) is 0 Å². The Morgan fingerprint density at radius 3 is 2.35 bits per heavy atom. The molecule has 188 valence electrons. The molecule has 2 aromatic rings. The van der Waals surface area contributed by atoms with Crippen LogP contribution < -0.4 is 5.73 Å². The maximum absolute atomic E-state index is 13.3. The number of nitrogens with two attached hydrogens (primary N) is 1. The van der Waals surface area contributed by atoms with Crippen LogP contribution in [0.3, 0.4) is 0 Å². The van der Waals surface area contributed by atoms with Gasteiger partial charge in [0.05, 0.1) is 11.5 Å². The average molecular weight is 489 g/mol. The predicted molar refractivity (Wildman–Crippen MR) is 137 cm³/mol. The fraction of sp³-hybridized carbons (Fsp3) is 0.519. The summed E-state index contributed by atoms with van der Waals surface area (Å²) in [5.41, 5.74) is 8.38. The van der Waals surface area contributed by atoms with E-state index in [9.17, 15) is 13.2 Å². The summed E-state index contributed by atoms with van der Waals surface area (Å²) < 4.78 is 33.6. The Labute approximate surface area is 205 Å². The summed E-state index contributed by atoms with van der Waals surface area (Å²) in [5, 5.41) is 0. The van der Waals surface area contributed by atoms with Crippen molar-refractivity contribution < 1.29 is 17.9 Å². The third-order valence-corrected chi connectivity index (χ3v) is 8.07. The molecule has 0 aliphatic heterocycles. The van der Waals surface area contributed by atoms with Crippen LogP contribution in [0.5, 0.6) is 0 Å². The van der Waals surface area contributed by atoms with Crippen LogP contribution in [0.1, 0.15) is 57.1 Å². The lowest BCUT2D eigenvalue weighted by molar-refractivity contribution is -0.124. The molecule has 0 fully saturated rings. The molecule has 0 heterocycles. The van der Waals surface area contributed by atoms with Gasteiger partial charge in [-0.05, 0) is 43.4 Å². The van der Waals surface area contributed by atoms with Crippen LogP contribution in [0.2, 0.25) is 0 Å². The lowest BCUT2D eigenvalue weighted by Gasteiger charge is -2.28. The SMILES string of the molecule is CCC(C)C(N)CN(CCCCCC(=O)COCc1ccccc1)S(=O)(=O)c1ccc(C)cc1. The zero-order chi connectivity index (χ0) is 25.0. The van der Waals surface area contributed by atoms with Crippen LogP contribution in [-0.4, -0.2) is 44.2 Å². The minimum absolute atomic E-state index is 0.0684. The molecule has 2 atom stereocenters. The third kappa shape index (κ3) is 9.29. The van der Waals surface area contributed by atoms with Gasteiger partial charge in [0.2, 0.25) is 10.0 Å². The molecule has 0 saturated carbocycles. The van der Waals surface area contributed by atoms with Gasteiger partial charge in [0.1, 0.15) is 6.61 Å². The van der Waals surface area contributed by atoms with E-state index in [0.29, 0.717) is 37.3 Å². The van der Waals surface area contributed by atoms with E-state index in [-0.39, 0.29) is 30.9 Å². The van der Waals surface area contributed by atoms with Gasteiger partial charge in [-0.1, -0.05) is 74.7 Å². The number of rotatable bonds is 16. The van der Waals surface area contributed by atoms with Crippen molar-refractivity contribution in [2.75, 3.05) is 19.7 Å². The molecule has 0 aromatic heterocycles. The highest BCUT2D eigenvalue weighted by atomic mass is 32.2. The Bertz CT molecular complexity index is 962. The van der Waals surface area contributed by atoms with E-state index in [1.54, 1.807) is 12.1 Å². The van der Waals surface area contributed by atoms with E-state index >= 15 is 0 Å². The zero-order valence-electron chi connectivity index (χ0n) is 20.8. The summed E-state index contributed by atoms with van der Waals surface area (Å²) in [6.07, 6.45) is 3.49. The number of hydrogen-bond acceptors (Lipinski definition) is 5. The minimum Gasteiger partial charge on any atom is -0.369 e. The first kappa shape index (κ1) is 28.2. The Balaban J connectivity index is 1.83. The van der Waals surface area contributed by atoms with E-state index in [1.165, 1.54) is 4.31 Å². The molecule has 7 heteroatoms. The van der Waals surface area contributed by atoms with Crippen LogP contribution in [0.15, 0.2) is 59.5 Å². The lowest BCUT2D eigenvalue weighted by atomic mass is 10.0. The normalized spacial score (nSPS) is 13.7.